The van der Waals surface area contributed by atoms with Gasteiger partial charge in [-0.1, -0.05) is 0 Å². The minimum atomic E-state index is -3.33. The number of hydrogen-bond donors (Lipinski definition) is 2. The van der Waals surface area contributed by atoms with Crippen LogP contribution in [0.5, 0.6) is 0 Å². The summed E-state index contributed by atoms with van der Waals surface area (Å²) in [5, 5.41) is 3.34. The molecular weight excluding hydrogens is 280 g/mol. The Bertz CT molecular complexity index is 510. The Morgan fingerprint density at radius 2 is 1.95 bits per heavy atom. The van der Waals surface area contributed by atoms with Gasteiger partial charge in [0.2, 0.25) is 10.0 Å². The summed E-state index contributed by atoms with van der Waals surface area (Å²) in [6, 6.07) is 7.44. The first kappa shape index (κ1) is 14.7. The average molecular weight is 300 g/mol. The van der Waals surface area contributed by atoms with E-state index in [4.69, 9.17) is 0 Å². The van der Waals surface area contributed by atoms with E-state index in [1.165, 1.54) is 0 Å². The second-order valence-electron chi connectivity index (χ2n) is 4.92. The first-order valence-electron chi connectivity index (χ1n) is 6.39. The lowest BCUT2D eigenvalue weighted by Gasteiger charge is -2.14. The lowest BCUT2D eigenvalue weighted by atomic mass is 10.3. The predicted octanol–water partition coefficient (Wildman–Crippen LogP) is 2.29. The second-order valence-corrected chi connectivity index (χ2v) is 7.55. The van der Waals surface area contributed by atoms with E-state index in [9.17, 15) is 8.42 Å². The van der Waals surface area contributed by atoms with Crippen molar-refractivity contribution in [1.29, 1.82) is 0 Å². The van der Waals surface area contributed by atoms with Gasteiger partial charge >= 0.3 is 0 Å². The highest BCUT2D eigenvalue weighted by Crippen LogP contribution is 2.23. The molecule has 1 saturated carbocycles. The van der Waals surface area contributed by atoms with E-state index >= 15 is 0 Å². The van der Waals surface area contributed by atoms with Crippen molar-refractivity contribution in [3.05, 3.63) is 24.3 Å². The smallest absolute Gasteiger partial charge is 0.240 e. The molecule has 0 aromatic heterocycles. The van der Waals surface area contributed by atoms with Gasteiger partial charge in [0.15, 0.2) is 0 Å². The van der Waals surface area contributed by atoms with Crippen LogP contribution in [0, 0.1) is 0 Å². The third kappa shape index (κ3) is 4.40. The number of hydrogen-bond acceptors (Lipinski definition) is 4. The number of benzene rings is 1. The fourth-order valence-corrected chi connectivity index (χ4v) is 3.68. The van der Waals surface area contributed by atoms with Gasteiger partial charge in [0.1, 0.15) is 0 Å². The summed E-state index contributed by atoms with van der Waals surface area (Å²) >= 11 is 1.78. The summed E-state index contributed by atoms with van der Waals surface area (Å²) in [5.41, 5.74) is 0.951. The molecule has 1 aromatic carbocycles. The van der Waals surface area contributed by atoms with E-state index in [0.29, 0.717) is 10.9 Å². The normalized spacial score (nSPS) is 17.2. The highest BCUT2D eigenvalue weighted by atomic mass is 32.2. The molecule has 2 N–H and O–H groups in total. The minimum absolute atomic E-state index is 0.143. The molecule has 0 radical (unpaired) electrons. The van der Waals surface area contributed by atoms with Gasteiger partial charge in [0, 0.05) is 23.5 Å². The molecule has 6 heteroatoms. The molecule has 19 heavy (non-hydrogen) atoms. The molecule has 0 aliphatic heterocycles. The Morgan fingerprint density at radius 3 is 2.47 bits per heavy atom. The lowest BCUT2D eigenvalue weighted by molar-refractivity contribution is 0.581. The van der Waals surface area contributed by atoms with Crippen LogP contribution < -0.4 is 10.0 Å². The zero-order valence-electron chi connectivity index (χ0n) is 11.2. The molecule has 1 fully saturated rings. The Balaban J connectivity index is 2.01. The topological polar surface area (TPSA) is 58.2 Å². The molecule has 2 rings (SSSR count). The molecule has 0 saturated heterocycles. The third-order valence-corrected chi connectivity index (χ3v) is 5.26. The van der Waals surface area contributed by atoms with E-state index in [1.54, 1.807) is 23.9 Å². The Morgan fingerprint density at radius 1 is 1.32 bits per heavy atom. The highest BCUT2D eigenvalue weighted by Gasteiger charge is 2.27. The molecular formula is C13H20N2O2S2. The van der Waals surface area contributed by atoms with Crippen LogP contribution in [0.4, 0.5) is 5.69 Å². The van der Waals surface area contributed by atoms with Gasteiger partial charge in [-0.2, -0.15) is 11.8 Å². The zero-order chi connectivity index (χ0) is 13.9. The van der Waals surface area contributed by atoms with Crippen molar-refractivity contribution in [2.75, 3.05) is 17.3 Å². The van der Waals surface area contributed by atoms with Crippen LogP contribution in [0.2, 0.25) is 0 Å². The molecule has 0 heterocycles. The Labute approximate surface area is 119 Å². The maximum Gasteiger partial charge on any atom is 0.240 e. The maximum atomic E-state index is 12.0. The monoisotopic (exact) mass is 300 g/mol. The molecule has 1 atom stereocenters. The van der Waals surface area contributed by atoms with Crippen molar-refractivity contribution in [1.82, 2.24) is 4.72 Å². The first-order valence-corrected chi connectivity index (χ1v) is 9.27. The maximum absolute atomic E-state index is 12.0. The van der Waals surface area contributed by atoms with Crippen LogP contribution >= 0.6 is 11.8 Å². The molecule has 0 bridgehead atoms. The van der Waals surface area contributed by atoms with E-state index in [1.807, 2.05) is 12.1 Å². The summed E-state index contributed by atoms with van der Waals surface area (Å²) in [6.07, 6.45) is 3.97. The summed E-state index contributed by atoms with van der Waals surface area (Å²) in [7, 11) is -3.33. The number of rotatable bonds is 7. The predicted molar refractivity (Wildman–Crippen MR) is 81.3 cm³/mol. The number of sulfonamides is 1. The highest BCUT2D eigenvalue weighted by molar-refractivity contribution is 7.98. The summed E-state index contributed by atoms with van der Waals surface area (Å²) < 4.78 is 26.6. The van der Waals surface area contributed by atoms with Crippen LogP contribution in [0.3, 0.4) is 0 Å². The number of anilines is 1. The van der Waals surface area contributed by atoms with Crippen LogP contribution in [0.25, 0.3) is 0 Å². The van der Waals surface area contributed by atoms with Crippen molar-refractivity contribution in [2.24, 2.45) is 0 Å². The van der Waals surface area contributed by atoms with E-state index < -0.39 is 10.0 Å². The van der Waals surface area contributed by atoms with Gasteiger partial charge in [-0.25, -0.2) is 13.1 Å². The standard InChI is InChI=1S/C13H20N2O2S2/c1-10(9-18-2)14-11-5-7-13(8-6-11)19(16,17)15-12-3-4-12/h5-8,10,12,14-15H,3-4,9H2,1-2H3. The van der Waals surface area contributed by atoms with Crippen molar-refractivity contribution in [2.45, 2.75) is 36.7 Å². The molecule has 1 unspecified atom stereocenters. The van der Waals surface area contributed by atoms with E-state index in [-0.39, 0.29) is 6.04 Å². The molecule has 106 valence electrons. The zero-order valence-corrected chi connectivity index (χ0v) is 12.9. The van der Waals surface area contributed by atoms with Gasteiger partial charge in [-0.3, -0.25) is 0 Å². The lowest BCUT2D eigenvalue weighted by Crippen LogP contribution is -2.25. The molecule has 4 nitrogen and oxygen atoms in total. The Hall–Kier alpha value is -0.720. The Kier molecular flexibility index (Phi) is 4.76. The van der Waals surface area contributed by atoms with Crippen LogP contribution in [-0.2, 0) is 10.0 Å². The SMILES string of the molecule is CSCC(C)Nc1ccc(S(=O)(=O)NC2CC2)cc1. The summed E-state index contributed by atoms with van der Waals surface area (Å²) in [6.45, 7) is 2.11. The largest absolute Gasteiger partial charge is 0.382 e. The van der Waals surface area contributed by atoms with Crippen molar-refractivity contribution >= 4 is 27.5 Å². The van der Waals surface area contributed by atoms with Gasteiger partial charge < -0.3 is 5.32 Å². The summed E-state index contributed by atoms with van der Waals surface area (Å²) in [4.78, 5) is 0.336. The molecule has 1 aliphatic carbocycles. The van der Waals surface area contributed by atoms with Gasteiger partial charge in [-0.05, 0) is 50.3 Å². The van der Waals surface area contributed by atoms with Gasteiger partial charge in [-0.15, -0.1) is 0 Å². The number of thioether (sulfide) groups is 1. The van der Waals surface area contributed by atoms with Crippen molar-refractivity contribution in [3.63, 3.8) is 0 Å². The van der Waals surface area contributed by atoms with Crippen LogP contribution in [0.15, 0.2) is 29.2 Å². The fraction of sp³-hybridized carbons (Fsp3) is 0.538. The second kappa shape index (κ2) is 6.15. The van der Waals surface area contributed by atoms with Crippen molar-refractivity contribution < 1.29 is 8.42 Å². The minimum Gasteiger partial charge on any atom is -0.382 e. The summed E-state index contributed by atoms with van der Waals surface area (Å²) in [5.74, 6) is 1.02. The molecule has 0 amide bonds. The van der Waals surface area contributed by atoms with Crippen molar-refractivity contribution in [3.8, 4) is 0 Å². The fourth-order valence-electron chi connectivity index (χ4n) is 1.80. The van der Waals surface area contributed by atoms with Gasteiger partial charge in [0.05, 0.1) is 4.90 Å². The van der Waals surface area contributed by atoms with Gasteiger partial charge in [0.25, 0.3) is 0 Å². The molecule has 1 aromatic rings. The number of nitrogens with one attached hydrogen (secondary N) is 2. The first-order chi connectivity index (χ1) is 9.01. The molecule has 0 spiro atoms. The third-order valence-electron chi connectivity index (χ3n) is 2.89. The van der Waals surface area contributed by atoms with Crippen LogP contribution in [0.1, 0.15) is 19.8 Å². The van der Waals surface area contributed by atoms with E-state index in [2.05, 4.69) is 23.2 Å². The van der Waals surface area contributed by atoms with E-state index in [0.717, 1.165) is 24.3 Å². The average Bonchev–Trinajstić information content (AvgIpc) is 3.13. The van der Waals surface area contributed by atoms with Crippen LogP contribution in [-0.4, -0.2) is 32.5 Å². The quantitative estimate of drug-likeness (QED) is 0.811. The molecule has 1 aliphatic rings.